The monoisotopic (exact) mass is 535 g/mol. The summed E-state index contributed by atoms with van der Waals surface area (Å²) in [5, 5.41) is 13.9. The molecule has 30 heavy (non-hydrogen) atoms. The molecule has 174 valence electrons. The van der Waals surface area contributed by atoms with E-state index in [2.05, 4.69) is 29.0 Å². The number of likely N-dealkylation sites (tertiary alicyclic amines) is 1. The van der Waals surface area contributed by atoms with Crippen LogP contribution in [0.5, 0.6) is 0 Å². The van der Waals surface area contributed by atoms with E-state index in [0.29, 0.717) is 13.1 Å². The van der Waals surface area contributed by atoms with Gasteiger partial charge in [0, 0.05) is 51.2 Å². The number of amides is 1. The van der Waals surface area contributed by atoms with Gasteiger partial charge in [-0.1, -0.05) is 19.8 Å². The lowest BCUT2D eigenvalue weighted by molar-refractivity contribution is -0.133. The Morgan fingerprint density at radius 2 is 1.73 bits per heavy atom. The zero-order valence-electron chi connectivity index (χ0n) is 18.9. The topological polar surface area (TPSA) is 71.4 Å². The Morgan fingerprint density at radius 3 is 2.37 bits per heavy atom. The number of aliphatic hydroxyl groups excluding tert-OH is 1. The van der Waals surface area contributed by atoms with Crippen LogP contribution in [0.15, 0.2) is 4.99 Å². The van der Waals surface area contributed by atoms with E-state index in [1.54, 1.807) is 0 Å². The maximum absolute atomic E-state index is 12.5. The van der Waals surface area contributed by atoms with Crippen LogP contribution in [0.4, 0.5) is 0 Å². The van der Waals surface area contributed by atoms with Gasteiger partial charge in [-0.25, -0.2) is 0 Å². The number of nitrogens with one attached hydrogen (secondary N) is 1. The van der Waals surface area contributed by atoms with E-state index in [9.17, 15) is 9.90 Å². The maximum atomic E-state index is 12.5. The third kappa shape index (κ3) is 6.95. The molecule has 0 radical (unpaired) electrons. The molecule has 1 amide bonds. The number of nitrogens with zero attached hydrogens (tertiary/aromatic N) is 4. The zero-order valence-corrected chi connectivity index (χ0v) is 21.3. The van der Waals surface area contributed by atoms with Gasteiger partial charge in [0.1, 0.15) is 0 Å². The quantitative estimate of drug-likeness (QED) is 0.321. The van der Waals surface area contributed by atoms with Crippen LogP contribution in [0.3, 0.4) is 0 Å². The number of hydrogen-bond donors (Lipinski definition) is 2. The number of carbonyl (C=O) groups excluding carboxylic acids is 1. The number of rotatable bonds is 5. The molecular formula is C22H42IN5O2. The fourth-order valence-electron chi connectivity index (χ4n) is 4.80. The van der Waals surface area contributed by atoms with Gasteiger partial charge < -0.3 is 20.2 Å². The Kier molecular flexibility index (Phi) is 10.6. The summed E-state index contributed by atoms with van der Waals surface area (Å²) in [5.74, 6) is 1.24. The van der Waals surface area contributed by atoms with Crippen molar-refractivity contribution in [1.29, 1.82) is 0 Å². The first-order valence-corrected chi connectivity index (χ1v) is 11.7. The van der Waals surface area contributed by atoms with Crippen molar-refractivity contribution in [3.63, 3.8) is 0 Å². The minimum Gasteiger partial charge on any atom is -0.392 e. The van der Waals surface area contributed by atoms with E-state index < -0.39 is 0 Å². The van der Waals surface area contributed by atoms with Crippen molar-refractivity contribution in [3.8, 4) is 0 Å². The molecule has 3 rings (SSSR count). The second-order valence-corrected chi connectivity index (χ2v) is 9.29. The fourth-order valence-corrected chi connectivity index (χ4v) is 4.80. The number of halogens is 1. The van der Waals surface area contributed by atoms with Gasteiger partial charge in [0.2, 0.25) is 5.91 Å². The van der Waals surface area contributed by atoms with Gasteiger partial charge in [-0.05, 0) is 39.0 Å². The third-order valence-electron chi connectivity index (χ3n) is 6.94. The highest BCUT2D eigenvalue weighted by molar-refractivity contribution is 14.0. The molecule has 2 N–H and O–H groups in total. The van der Waals surface area contributed by atoms with Crippen LogP contribution in [0.25, 0.3) is 0 Å². The number of aliphatic imine (C=N–C) groups is 1. The van der Waals surface area contributed by atoms with Crippen molar-refractivity contribution in [3.05, 3.63) is 0 Å². The number of carbonyl (C=O) groups is 1. The molecule has 3 fully saturated rings. The Morgan fingerprint density at radius 1 is 1.03 bits per heavy atom. The number of piperazine rings is 1. The smallest absolute Gasteiger partial charge is 0.236 e. The minimum atomic E-state index is -0.250. The molecule has 0 spiro atoms. The molecular weight excluding hydrogens is 493 g/mol. The molecule has 7 nitrogen and oxygen atoms in total. The molecule has 0 aromatic heterocycles. The normalized spacial score (nSPS) is 28.8. The summed E-state index contributed by atoms with van der Waals surface area (Å²) in [6, 6.07) is 0. The predicted molar refractivity (Wildman–Crippen MR) is 132 cm³/mol. The van der Waals surface area contributed by atoms with Crippen LogP contribution in [0, 0.1) is 5.41 Å². The lowest BCUT2D eigenvalue weighted by atomic mass is 9.73. The van der Waals surface area contributed by atoms with Crippen molar-refractivity contribution in [2.75, 3.05) is 58.9 Å². The summed E-state index contributed by atoms with van der Waals surface area (Å²) in [6.45, 7) is 11.8. The van der Waals surface area contributed by atoms with Gasteiger partial charge in [0.15, 0.2) is 5.96 Å². The van der Waals surface area contributed by atoms with Crippen LogP contribution in [-0.2, 0) is 4.79 Å². The zero-order chi connectivity index (χ0) is 20.7. The van der Waals surface area contributed by atoms with E-state index in [0.717, 1.165) is 83.9 Å². The Labute approximate surface area is 199 Å². The summed E-state index contributed by atoms with van der Waals surface area (Å²) >= 11 is 0. The molecule has 8 heteroatoms. The molecule has 1 aliphatic carbocycles. The van der Waals surface area contributed by atoms with Crippen LogP contribution in [-0.4, -0.2) is 96.7 Å². The highest BCUT2D eigenvalue weighted by Gasteiger charge is 2.35. The second-order valence-electron chi connectivity index (χ2n) is 9.29. The molecule has 2 saturated heterocycles. The van der Waals surface area contributed by atoms with Crippen LogP contribution >= 0.6 is 24.0 Å². The molecule has 2 heterocycles. The van der Waals surface area contributed by atoms with Crippen molar-refractivity contribution in [2.45, 2.75) is 64.9 Å². The molecule has 2 aliphatic heterocycles. The van der Waals surface area contributed by atoms with Crippen molar-refractivity contribution >= 4 is 35.8 Å². The second kappa shape index (κ2) is 12.4. The molecule has 0 aromatic rings. The van der Waals surface area contributed by atoms with Crippen molar-refractivity contribution in [1.82, 2.24) is 20.0 Å². The van der Waals surface area contributed by atoms with E-state index in [4.69, 9.17) is 4.99 Å². The summed E-state index contributed by atoms with van der Waals surface area (Å²) in [4.78, 5) is 24.1. The Balaban J connectivity index is 0.00000320. The standard InChI is InChI=1S/C22H41N5O2.HI/c1-3-23-21(24-18-22(2)10-6-5-9-19(22)28)27-15-13-25(14-16-27)17-20(29)26-11-7-4-8-12-26;/h19,28H,3-18H2,1-2H3,(H,23,24);1H. The van der Waals surface area contributed by atoms with Crippen LogP contribution in [0.1, 0.15) is 58.8 Å². The highest BCUT2D eigenvalue weighted by Crippen LogP contribution is 2.36. The Bertz CT molecular complexity index is 562. The first-order chi connectivity index (χ1) is 14.0. The van der Waals surface area contributed by atoms with E-state index in [-0.39, 0.29) is 41.4 Å². The number of piperidine rings is 1. The fraction of sp³-hybridized carbons (Fsp3) is 0.909. The van der Waals surface area contributed by atoms with E-state index in [1.807, 2.05) is 4.90 Å². The van der Waals surface area contributed by atoms with Gasteiger partial charge in [0.05, 0.1) is 19.2 Å². The average molecular weight is 536 g/mol. The van der Waals surface area contributed by atoms with Crippen LogP contribution < -0.4 is 5.32 Å². The summed E-state index contributed by atoms with van der Waals surface area (Å²) in [6.07, 6.45) is 7.55. The predicted octanol–water partition coefficient (Wildman–Crippen LogP) is 2.14. The summed E-state index contributed by atoms with van der Waals surface area (Å²) < 4.78 is 0. The number of aliphatic hydroxyl groups is 1. The van der Waals surface area contributed by atoms with Gasteiger partial charge in [-0.2, -0.15) is 0 Å². The third-order valence-corrected chi connectivity index (χ3v) is 6.94. The van der Waals surface area contributed by atoms with Gasteiger partial charge in [0.25, 0.3) is 0 Å². The first-order valence-electron chi connectivity index (χ1n) is 11.7. The Hall–Kier alpha value is -0.610. The van der Waals surface area contributed by atoms with Crippen molar-refractivity contribution < 1.29 is 9.90 Å². The molecule has 2 unspecified atom stereocenters. The SMILES string of the molecule is CCNC(=NCC1(C)CCCCC1O)N1CCN(CC(=O)N2CCCCC2)CC1.I. The van der Waals surface area contributed by atoms with Crippen LogP contribution in [0.2, 0.25) is 0 Å². The minimum absolute atomic E-state index is 0. The molecule has 1 saturated carbocycles. The largest absolute Gasteiger partial charge is 0.392 e. The summed E-state index contributed by atoms with van der Waals surface area (Å²) in [7, 11) is 0. The van der Waals surface area contributed by atoms with Crippen molar-refractivity contribution in [2.24, 2.45) is 10.4 Å². The molecule has 0 bridgehead atoms. The lowest BCUT2D eigenvalue weighted by Gasteiger charge is -2.39. The van der Waals surface area contributed by atoms with E-state index in [1.165, 1.54) is 12.8 Å². The highest BCUT2D eigenvalue weighted by atomic mass is 127. The lowest BCUT2D eigenvalue weighted by Crippen LogP contribution is -2.54. The van der Waals surface area contributed by atoms with Gasteiger partial charge >= 0.3 is 0 Å². The van der Waals surface area contributed by atoms with E-state index >= 15 is 0 Å². The maximum Gasteiger partial charge on any atom is 0.236 e. The van der Waals surface area contributed by atoms with Gasteiger partial charge in [-0.15, -0.1) is 24.0 Å². The summed E-state index contributed by atoms with van der Waals surface area (Å²) in [5.41, 5.74) is -0.110. The molecule has 2 atom stereocenters. The number of hydrogen-bond acceptors (Lipinski definition) is 4. The first kappa shape index (κ1) is 25.6. The van der Waals surface area contributed by atoms with Gasteiger partial charge in [-0.3, -0.25) is 14.7 Å². The number of guanidine groups is 1. The molecule has 0 aromatic carbocycles. The average Bonchev–Trinajstić information content (AvgIpc) is 2.75. The molecule has 3 aliphatic rings.